The minimum atomic E-state index is 0.535. The van der Waals surface area contributed by atoms with Crippen molar-refractivity contribution in [1.29, 1.82) is 0 Å². The minimum Gasteiger partial charge on any atom is -0.447 e. The van der Waals surface area contributed by atoms with E-state index in [0.717, 1.165) is 11.4 Å². The molecule has 0 aliphatic rings. The van der Waals surface area contributed by atoms with E-state index >= 15 is 0 Å². The van der Waals surface area contributed by atoms with Gasteiger partial charge in [0.15, 0.2) is 12.2 Å². The number of hydrogen-bond acceptors (Lipinski definition) is 6. The van der Waals surface area contributed by atoms with Gasteiger partial charge < -0.3 is 9.73 Å². The molecule has 7 heteroatoms. The second kappa shape index (κ2) is 4.66. The molecule has 3 heterocycles. The monoisotopic (exact) mass is 242 g/mol. The summed E-state index contributed by atoms with van der Waals surface area (Å²) in [7, 11) is 0. The zero-order chi connectivity index (χ0) is 12.2. The van der Waals surface area contributed by atoms with Gasteiger partial charge in [-0.25, -0.2) is 19.6 Å². The van der Waals surface area contributed by atoms with Crippen molar-refractivity contribution in [2.24, 2.45) is 0 Å². The average molecular weight is 242 g/mol. The van der Waals surface area contributed by atoms with Gasteiger partial charge in [-0.05, 0) is 12.1 Å². The quantitative estimate of drug-likeness (QED) is 0.741. The highest BCUT2D eigenvalue weighted by molar-refractivity contribution is 5.55. The van der Waals surface area contributed by atoms with E-state index in [2.05, 4.69) is 25.4 Å². The lowest BCUT2D eigenvalue weighted by Gasteiger charge is -2.08. The van der Waals surface area contributed by atoms with Gasteiger partial charge in [0.25, 0.3) is 0 Å². The van der Waals surface area contributed by atoms with Crippen LogP contribution in [0.5, 0.6) is 0 Å². The van der Waals surface area contributed by atoms with Crippen molar-refractivity contribution in [3.05, 3.63) is 49.3 Å². The summed E-state index contributed by atoms with van der Waals surface area (Å²) in [4.78, 5) is 12.0. The molecule has 0 spiro atoms. The van der Waals surface area contributed by atoms with E-state index < -0.39 is 0 Å². The number of nitrogens with one attached hydrogen (secondary N) is 1. The number of hydrogen-bond donors (Lipinski definition) is 1. The fraction of sp³-hybridized carbons (Fsp3) is 0.0909. The third-order valence-electron chi connectivity index (χ3n) is 2.36. The van der Waals surface area contributed by atoms with Crippen molar-refractivity contribution in [3.8, 4) is 5.82 Å². The molecule has 0 amide bonds. The lowest BCUT2D eigenvalue weighted by atomic mass is 10.3. The molecule has 0 radical (unpaired) electrons. The highest BCUT2D eigenvalue weighted by Crippen LogP contribution is 2.16. The minimum absolute atomic E-state index is 0.535. The third kappa shape index (κ3) is 2.05. The molecule has 0 aromatic carbocycles. The van der Waals surface area contributed by atoms with Crippen LogP contribution in [0.2, 0.25) is 0 Å². The Balaban J connectivity index is 1.84. The maximum absolute atomic E-state index is 5.16. The van der Waals surface area contributed by atoms with Crippen molar-refractivity contribution in [2.45, 2.75) is 6.54 Å². The lowest BCUT2D eigenvalue weighted by Crippen LogP contribution is -2.06. The molecule has 0 aliphatic heterocycles. The fourth-order valence-corrected chi connectivity index (χ4v) is 1.55. The summed E-state index contributed by atoms with van der Waals surface area (Å²) in [6.07, 6.45) is 7.84. The molecule has 0 bridgehead atoms. The predicted molar refractivity (Wildman–Crippen MR) is 63.0 cm³/mol. The van der Waals surface area contributed by atoms with E-state index in [1.165, 1.54) is 12.7 Å². The Hall–Kier alpha value is -2.70. The lowest BCUT2D eigenvalue weighted by molar-refractivity contribution is 0.511. The SMILES string of the molecule is c1cnc(-n2cncn2)c(NCc2cnco2)c1. The number of pyridine rings is 1. The van der Waals surface area contributed by atoms with Gasteiger partial charge in [0.05, 0.1) is 18.4 Å². The molecule has 7 nitrogen and oxygen atoms in total. The summed E-state index contributed by atoms with van der Waals surface area (Å²) in [6, 6.07) is 3.77. The molecule has 0 saturated heterocycles. The Morgan fingerprint density at radius 2 is 2.33 bits per heavy atom. The van der Waals surface area contributed by atoms with Crippen LogP contribution in [0.25, 0.3) is 5.82 Å². The van der Waals surface area contributed by atoms with Crippen LogP contribution in [-0.2, 0) is 6.54 Å². The zero-order valence-electron chi connectivity index (χ0n) is 9.39. The molecule has 0 saturated carbocycles. The van der Waals surface area contributed by atoms with Gasteiger partial charge in [0.2, 0.25) is 0 Å². The van der Waals surface area contributed by atoms with Crippen molar-refractivity contribution >= 4 is 5.69 Å². The summed E-state index contributed by atoms with van der Waals surface area (Å²) in [6.45, 7) is 0.535. The Morgan fingerprint density at radius 1 is 1.33 bits per heavy atom. The summed E-state index contributed by atoms with van der Waals surface area (Å²) >= 11 is 0. The van der Waals surface area contributed by atoms with E-state index in [9.17, 15) is 0 Å². The smallest absolute Gasteiger partial charge is 0.180 e. The fourth-order valence-electron chi connectivity index (χ4n) is 1.55. The molecule has 3 aromatic rings. The molecule has 3 rings (SSSR count). The first-order chi connectivity index (χ1) is 8.93. The van der Waals surface area contributed by atoms with Crippen LogP contribution in [0.3, 0.4) is 0 Å². The van der Waals surface area contributed by atoms with Crippen molar-refractivity contribution in [3.63, 3.8) is 0 Å². The standard InChI is InChI=1S/C11H10N6O/c1-2-10(15-5-9-4-12-8-18-9)11(14-3-1)17-7-13-6-16-17/h1-4,6-8,15H,5H2. The van der Waals surface area contributed by atoms with E-state index in [4.69, 9.17) is 4.42 Å². The van der Waals surface area contributed by atoms with Crippen LogP contribution < -0.4 is 5.32 Å². The molecule has 18 heavy (non-hydrogen) atoms. The Labute approximate surface area is 103 Å². The molecule has 1 N–H and O–H groups in total. The Bertz CT molecular complexity index is 604. The summed E-state index contributed by atoms with van der Waals surface area (Å²) in [5.74, 6) is 1.44. The highest BCUT2D eigenvalue weighted by Gasteiger charge is 2.06. The molecule has 3 aromatic heterocycles. The molecular weight excluding hydrogens is 232 g/mol. The molecule has 0 fully saturated rings. The van der Waals surface area contributed by atoms with E-state index in [0.29, 0.717) is 12.4 Å². The molecule has 0 aliphatic carbocycles. The van der Waals surface area contributed by atoms with E-state index in [1.807, 2.05) is 12.1 Å². The first kappa shape index (κ1) is 10.5. The Kier molecular flexibility index (Phi) is 2.71. The molecule has 0 atom stereocenters. The first-order valence-corrected chi connectivity index (χ1v) is 5.35. The maximum atomic E-state index is 5.16. The number of rotatable bonds is 4. The largest absolute Gasteiger partial charge is 0.447 e. The summed E-state index contributed by atoms with van der Waals surface area (Å²) < 4.78 is 6.76. The van der Waals surface area contributed by atoms with Gasteiger partial charge in [0.1, 0.15) is 18.4 Å². The molecule has 0 unspecified atom stereocenters. The zero-order valence-corrected chi connectivity index (χ0v) is 9.39. The topological polar surface area (TPSA) is 81.7 Å². The van der Waals surface area contributed by atoms with Crippen LogP contribution in [-0.4, -0.2) is 24.7 Å². The van der Waals surface area contributed by atoms with Gasteiger partial charge >= 0.3 is 0 Å². The molecular formula is C11H10N6O. The van der Waals surface area contributed by atoms with Crippen LogP contribution >= 0.6 is 0 Å². The second-order valence-electron chi connectivity index (χ2n) is 3.54. The van der Waals surface area contributed by atoms with Crippen LogP contribution in [0.1, 0.15) is 5.76 Å². The highest BCUT2D eigenvalue weighted by atomic mass is 16.3. The number of anilines is 1. The molecule has 90 valence electrons. The summed E-state index contributed by atoms with van der Waals surface area (Å²) in [5.41, 5.74) is 0.847. The van der Waals surface area contributed by atoms with Crippen LogP contribution in [0, 0.1) is 0 Å². The second-order valence-corrected chi connectivity index (χ2v) is 3.54. The van der Waals surface area contributed by atoms with Gasteiger partial charge in [-0.2, -0.15) is 5.10 Å². The maximum Gasteiger partial charge on any atom is 0.180 e. The van der Waals surface area contributed by atoms with Gasteiger partial charge in [0, 0.05) is 6.20 Å². The van der Waals surface area contributed by atoms with E-state index in [-0.39, 0.29) is 0 Å². The van der Waals surface area contributed by atoms with Crippen LogP contribution in [0.15, 0.2) is 48.0 Å². The number of oxazole rings is 1. The van der Waals surface area contributed by atoms with Gasteiger partial charge in [-0.3, -0.25) is 0 Å². The van der Waals surface area contributed by atoms with Crippen LogP contribution in [0.4, 0.5) is 5.69 Å². The third-order valence-corrected chi connectivity index (χ3v) is 2.36. The van der Waals surface area contributed by atoms with E-state index in [1.54, 1.807) is 23.4 Å². The van der Waals surface area contributed by atoms with Crippen molar-refractivity contribution in [1.82, 2.24) is 24.7 Å². The number of nitrogens with zero attached hydrogens (tertiary/aromatic N) is 5. The van der Waals surface area contributed by atoms with Crippen molar-refractivity contribution in [2.75, 3.05) is 5.32 Å². The Morgan fingerprint density at radius 3 is 3.11 bits per heavy atom. The van der Waals surface area contributed by atoms with Gasteiger partial charge in [-0.1, -0.05) is 0 Å². The first-order valence-electron chi connectivity index (χ1n) is 5.35. The number of aromatic nitrogens is 5. The van der Waals surface area contributed by atoms with Gasteiger partial charge in [-0.15, -0.1) is 0 Å². The summed E-state index contributed by atoms with van der Waals surface area (Å²) in [5, 5.41) is 7.28. The predicted octanol–water partition coefficient (Wildman–Crippen LogP) is 1.26. The normalized spacial score (nSPS) is 10.4. The average Bonchev–Trinajstić information content (AvgIpc) is 3.10. The van der Waals surface area contributed by atoms with Crippen molar-refractivity contribution < 1.29 is 4.42 Å².